The number of carboxylic acids is 1. The van der Waals surface area contributed by atoms with Gasteiger partial charge in [0, 0.05) is 13.2 Å². The van der Waals surface area contributed by atoms with Gasteiger partial charge in [0.15, 0.2) is 0 Å². The Hall–Kier alpha value is -1.89. The fraction of sp³-hybridized carbons (Fsp3) is 0.438. The fourth-order valence-corrected chi connectivity index (χ4v) is 2.02. The molecule has 22 heavy (non-hydrogen) atoms. The van der Waals surface area contributed by atoms with E-state index in [4.69, 9.17) is 19.7 Å². The van der Waals surface area contributed by atoms with Crippen molar-refractivity contribution >= 4 is 5.97 Å². The average Bonchev–Trinajstić information content (AvgIpc) is 2.52. The lowest BCUT2D eigenvalue weighted by atomic mass is 10.0. The molecule has 122 valence electrons. The predicted octanol–water partition coefficient (Wildman–Crippen LogP) is 1.53. The van der Waals surface area contributed by atoms with Crippen molar-refractivity contribution in [3.63, 3.8) is 0 Å². The van der Waals surface area contributed by atoms with Crippen LogP contribution in [0.1, 0.15) is 24.5 Å². The van der Waals surface area contributed by atoms with Crippen LogP contribution in [0, 0.1) is 0 Å². The van der Waals surface area contributed by atoms with Gasteiger partial charge in [-0.2, -0.15) is 0 Å². The number of aliphatic carboxylic acids is 1. The molecule has 0 saturated carbocycles. The van der Waals surface area contributed by atoms with E-state index >= 15 is 0 Å². The quantitative estimate of drug-likeness (QED) is 0.567. The van der Waals surface area contributed by atoms with Gasteiger partial charge in [-0.3, -0.25) is 0 Å². The van der Waals surface area contributed by atoms with E-state index < -0.39 is 18.2 Å². The summed E-state index contributed by atoms with van der Waals surface area (Å²) in [5.74, 6) is -0.436. The Morgan fingerprint density at radius 3 is 2.82 bits per heavy atom. The summed E-state index contributed by atoms with van der Waals surface area (Å²) in [6.07, 6.45) is 2.28. The highest BCUT2D eigenvalue weighted by Gasteiger charge is 2.20. The third-order valence-corrected chi connectivity index (χ3v) is 3.09. The Balaban J connectivity index is 2.66. The van der Waals surface area contributed by atoms with E-state index in [1.165, 1.54) is 13.2 Å². The zero-order valence-electron chi connectivity index (χ0n) is 12.5. The van der Waals surface area contributed by atoms with Crippen LogP contribution in [0.4, 0.5) is 0 Å². The molecule has 0 aliphatic rings. The summed E-state index contributed by atoms with van der Waals surface area (Å²) in [5, 5.41) is 27.6. The molecule has 0 amide bonds. The minimum Gasteiger partial charge on any atom is -0.491 e. The summed E-state index contributed by atoms with van der Waals surface area (Å²) in [5.41, 5.74) is 0.643. The number of rotatable bonds is 10. The summed E-state index contributed by atoms with van der Waals surface area (Å²) >= 11 is 0. The molecule has 0 saturated heterocycles. The number of aliphatic hydroxyl groups is 2. The monoisotopic (exact) mass is 310 g/mol. The highest BCUT2D eigenvalue weighted by Crippen LogP contribution is 2.25. The van der Waals surface area contributed by atoms with Crippen LogP contribution >= 0.6 is 0 Å². The molecular weight excluding hydrogens is 288 g/mol. The third kappa shape index (κ3) is 6.26. The van der Waals surface area contributed by atoms with Gasteiger partial charge in [-0.1, -0.05) is 18.2 Å². The number of ether oxygens (including phenoxy) is 2. The van der Waals surface area contributed by atoms with Gasteiger partial charge in [0.2, 0.25) is 0 Å². The van der Waals surface area contributed by atoms with Gasteiger partial charge in [0.05, 0.1) is 12.7 Å². The fourth-order valence-electron chi connectivity index (χ4n) is 2.02. The molecule has 1 aromatic carbocycles. The van der Waals surface area contributed by atoms with E-state index in [1.54, 1.807) is 24.3 Å². The van der Waals surface area contributed by atoms with Crippen molar-refractivity contribution in [3.05, 3.63) is 42.0 Å². The molecule has 0 fully saturated rings. The van der Waals surface area contributed by atoms with Gasteiger partial charge in [-0.15, -0.1) is 0 Å². The van der Waals surface area contributed by atoms with Crippen LogP contribution in [0.2, 0.25) is 0 Å². The summed E-state index contributed by atoms with van der Waals surface area (Å²) in [6.45, 7) is 0.108. The van der Waals surface area contributed by atoms with E-state index in [2.05, 4.69) is 0 Å². The molecule has 6 heteroatoms. The van der Waals surface area contributed by atoms with Crippen molar-refractivity contribution in [2.24, 2.45) is 0 Å². The van der Waals surface area contributed by atoms with Crippen molar-refractivity contribution in [3.8, 4) is 5.75 Å². The normalized spacial score (nSPS) is 14.0. The lowest BCUT2D eigenvalue weighted by Gasteiger charge is -2.22. The van der Waals surface area contributed by atoms with Crippen molar-refractivity contribution < 1.29 is 29.6 Å². The summed E-state index contributed by atoms with van der Waals surface area (Å²) in [6, 6.07) is 6.95. The molecule has 1 rings (SSSR count). The SMILES string of the molecule is CO[C@@H](CC/C=C/C(=O)O)[C@@H](O)c1cccc(OCCO)c1. The number of benzene rings is 1. The van der Waals surface area contributed by atoms with Gasteiger partial charge in [-0.25, -0.2) is 4.79 Å². The number of methoxy groups -OCH3 is 1. The Bertz CT molecular complexity index is 485. The van der Waals surface area contributed by atoms with Crippen molar-refractivity contribution in [1.82, 2.24) is 0 Å². The minimum atomic E-state index is -0.997. The van der Waals surface area contributed by atoms with Crippen LogP contribution in [0.3, 0.4) is 0 Å². The van der Waals surface area contributed by atoms with Crippen LogP contribution in [0.15, 0.2) is 36.4 Å². The van der Waals surface area contributed by atoms with Gasteiger partial charge in [0.1, 0.15) is 18.5 Å². The van der Waals surface area contributed by atoms with Gasteiger partial charge < -0.3 is 24.8 Å². The Labute approximate surface area is 129 Å². The van der Waals surface area contributed by atoms with E-state index in [0.717, 1.165) is 6.08 Å². The number of hydrogen-bond donors (Lipinski definition) is 3. The lowest BCUT2D eigenvalue weighted by Crippen LogP contribution is -2.20. The number of carbonyl (C=O) groups is 1. The molecule has 6 nitrogen and oxygen atoms in total. The number of hydrogen-bond acceptors (Lipinski definition) is 5. The van der Waals surface area contributed by atoms with Crippen LogP contribution in [-0.2, 0) is 9.53 Å². The Morgan fingerprint density at radius 2 is 2.18 bits per heavy atom. The zero-order valence-corrected chi connectivity index (χ0v) is 12.5. The second kappa shape index (κ2) is 9.94. The molecule has 0 unspecified atom stereocenters. The van der Waals surface area contributed by atoms with E-state index in [9.17, 15) is 9.90 Å². The van der Waals surface area contributed by atoms with Crippen LogP contribution in [0.5, 0.6) is 5.75 Å². The second-order valence-corrected chi connectivity index (χ2v) is 4.68. The third-order valence-electron chi connectivity index (χ3n) is 3.09. The van der Waals surface area contributed by atoms with Crippen molar-refractivity contribution in [2.75, 3.05) is 20.3 Å². The molecular formula is C16H22O6. The second-order valence-electron chi connectivity index (χ2n) is 4.68. The number of allylic oxidation sites excluding steroid dienone is 1. The van der Waals surface area contributed by atoms with Crippen molar-refractivity contribution in [2.45, 2.75) is 25.0 Å². The molecule has 0 spiro atoms. The molecule has 2 atom stereocenters. The average molecular weight is 310 g/mol. The first-order chi connectivity index (χ1) is 10.6. The van der Waals surface area contributed by atoms with E-state index in [1.807, 2.05) is 0 Å². The maximum atomic E-state index is 10.4. The molecule has 0 radical (unpaired) electrons. The van der Waals surface area contributed by atoms with E-state index in [-0.39, 0.29) is 13.2 Å². The Morgan fingerprint density at radius 1 is 1.41 bits per heavy atom. The molecule has 1 aromatic rings. The summed E-state index contributed by atoms with van der Waals surface area (Å²) < 4.78 is 10.6. The first-order valence-electron chi connectivity index (χ1n) is 7.02. The van der Waals surface area contributed by atoms with Crippen LogP contribution < -0.4 is 4.74 Å². The standard InChI is InChI=1S/C16H22O6/c1-21-14(7-2-3-8-15(18)19)16(20)12-5-4-6-13(11-12)22-10-9-17/h3-6,8,11,14,16-17,20H,2,7,9-10H2,1H3,(H,18,19)/b8-3+/t14-,16-/m0/s1. The minimum absolute atomic E-state index is 0.0800. The highest BCUT2D eigenvalue weighted by atomic mass is 16.5. The van der Waals surface area contributed by atoms with Gasteiger partial charge in [0.25, 0.3) is 0 Å². The maximum Gasteiger partial charge on any atom is 0.327 e. The zero-order chi connectivity index (χ0) is 16.4. The lowest BCUT2D eigenvalue weighted by molar-refractivity contribution is -0.131. The molecule has 3 N–H and O–H groups in total. The van der Waals surface area contributed by atoms with Crippen LogP contribution in [0.25, 0.3) is 0 Å². The molecule has 0 bridgehead atoms. The molecule has 0 heterocycles. The molecule has 0 aliphatic heterocycles. The first-order valence-corrected chi connectivity index (χ1v) is 7.02. The largest absolute Gasteiger partial charge is 0.491 e. The summed E-state index contributed by atoms with van der Waals surface area (Å²) in [4.78, 5) is 10.4. The molecule has 0 aliphatic carbocycles. The van der Waals surface area contributed by atoms with E-state index in [0.29, 0.717) is 24.2 Å². The molecule has 0 aromatic heterocycles. The summed E-state index contributed by atoms with van der Waals surface area (Å²) in [7, 11) is 1.50. The highest BCUT2D eigenvalue weighted by molar-refractivity contribution is 5.79. The maximum absolute atomic E-state index is 10.4. The van der Waals surface area contributed by atoms with Gasteiger partial charge in [-0.05, 0) is 30.5 Å². The smallest absolute Gasteiger partial charge is 0.327 e. The van der Waals surface area contributed by atoms with Gasteiger partial charge >= 0.3 is 5.97 Å². The predicted molar refractivity (Wildman–Crippen MR) is 80.8 cm³/mol. The van der Waals surface area contributed by atoms with Crippen LogP contribution in [-0.4, -0.2) is 47.7 Å². The Kier molecular flexibility index (Phi) is 8.21. The first kappa shape index (κ1) is 18.2. The number of aliphatic hydroxyl groups excluding tert-OH is 2. The van der Waals surface area contributed by atoms with Crippen molar-refractivity contribution in [1.29, 1.82) is 0 Å². The number of carboxylic acid groups (broad SMARTS) is 1. The topological polar surface area (TPSA) is 96.2 Å².